The summed E-state index contributed by atoms with van der Waals surface area (Å²) in [6, 6.07) is 4.03. The largest absolute Gasteiger partial charge is 0.480 e. The monoisotopic (exact) mass is 245 g/mol. The van der Waals surface area contributed by atoms with Gasteiger partial charge >= 0.3 is 12.1 Å². The van der Waals surface area contributed by atoms with E-state index in [9.17, 15) is 18.0 Å². The topological polar surface area (TPSA) is 49.3 Å². The Labute approximate surface area is 95.3 Å². The van der Waals surface area contributed by atoms with Crippen molar-refractivity contribution in [2.75, 3.05) is 6.54 Å². The van der Waals surface area contributed by atoms with Gasteiger partial charge in [0.15, 0.2) is 0 Å². The maximum Gasteiger partial charge on any atom is 0.416 e. The fourth-order valence-electron chi connectivity index (χ4n) is 1.87. The molecular weight excluding hydrogens is 235 g/mol. The van der Waals surface area contributed by atoms with Crippen LogP contribution in [-0.4, -0.2) is 23.7 Å². The van der Waals surface area contributed by atoms with Gasteiger partial charge in [0.05, 0.1) is 5.56 Å². The number of halogens is 3. The minimum atomic E-state index is -4.40. The van der Waals surface area contributed by atoms with Gasteiger partial charge in [-0.2, -0.15) is 13.2 Å². The van der Waals surface area contributed by atoms with Crippen molar-refractivity contribution in [2.45, 2.75) is 18.1 Å². The molecule has 2 atom stereocenters. The Morgan fingerprint density at radius 1 is 1.41 bits per heavy atom. The number of alkyl halides is 3. The molecular formula is C11H10F3NO2. The Bertz CT molecular complexity index is 445. The van der Waals surface area contributed by atoms with Gasteiger partial charge in [-0.3, -0.25) is 4.79 Å². The average molecular weight is 245 g/mol. The summed E-state index contributed by atoms with van der Waals surface area (Å²) >= 11 is 0. The lowest BCUT2D eigenvalue weighted by molar-refractivity contribution is -0.142. The predicted octanol–water partition coefficient (Wildman–Crippen LogP) is 1.85. The first kappa shape index (κ1) is 11.9. The summed E-state index contributed by atoms with van der Waals surface area (Å²) < 4.78 is 37.4. The summed E-state index contributed by atoms with van der Waals surface area (Å²) in [6.07, 6.45) is -4.40. The molecule has 2 rings (SSSR count). The van der Waals surface area contributed by atoms with Crippen LogP contribution in [0.4, 0.5) is 13.2 Å². The van der Waals surface area contributed by atoms with Crippen molar-refractivity contribution in [1.82, 2.24) is 5.32 Å². The minimum Gasteiger partial charge on any atom is -0.480 e. The highest BCUT2D eigenvalue weighted by atomic mass is 19.4. The third-order valence-corrected chi connectivity index (χ3v) is 2.87. The van der Waals surface area contributed by atoms with Gasteiger partial charge in [-0.05, 0) is 11.6 Å². The molecule has 1 aliphatic heterocycles. The molecule has 0 saturated carbocycles. The maximum absolute atomic E-state index is 12.5. The SMILES string of the molecule is O=C(O)C1NCC1c1cccc(C(F)(F)F)c1. The van der Waals surface area contributed by atoms with E-state index in [2.05, 4.69) is 5.32 Å². The van der Waals surface area contributed by atoms with Crippen LogP contribution in [0.3, 0.4) is 0 Å². The number of carboxylic acid groups (broad SMARTS) is 1. The molecule has 1 aromatic carbocycles. The zero-order chi connectivity index (χ0) is 12.6. The fourth-order valence-corrected chi connectivity index (χ4v) is 1.87. The van der Waals surface area contributed by atoms with Crippen LogP contribution >= 0.6 is 0 Å². The number of aliphatic carboxylic acids is 1. The summed E-state index contributed by atoms with van der Waals surface area (Å²) in [5.41, 5.74) is -0.336. The van der Waals surface area contributed by atoms with E-state index in [0.29, 0.717) is 12.1 Å². The Morgan fingerprint density at radius 2 is 2.12 bits per heavy atom. The number of carbonyl (C=O) groups is 1. The van der Waals surface area contributed by atoms with Crippen LogP contribution in [-0.2, 0) is 11.0 Å². The number of rotatable bonds is 2. The molecule has 3 nitrogen and oxygen atoms in total. The number of carboxylic acids is 1. The van der Waals surface area contributed by atoms with E-state index >= 15 is 0 Å². The molecule has 0 bridgehead atoms. The summed E-state index contributed by atoms with van der Waals surface area (Å²) in [4.78, 5) is 10.8. The highest BCUT2D eigenvalue weighted by Crippen LogP contribution is 2.33. The Morgan fingerprint density at radius 3 is 2.59 bits per heavy atom. The van der Waals surface area contributed by atoms with Crippen LogP contribution in [0.25, 0.3) is 0 Å². The lowest BCUT2D eigenvalue weighted by atomic mass is 9.84. The first-order valence-electron chi connectivity index (χ1n) is 5.03. The number of hydrogen-bond donors (Lipinski definition) is 2. The van der Waals surface area contributed by atoms with Crippen molar-refractivity contribution in [3.8, 4) is 0 Å². The van der Waals surface area contributed by atoms with Crippen LogP contribution in [0.5, 0.6) is 0 Å². The lowest BCUT2D eigenvalue weighted by Crippen LogP contribution is -2.55. The summed E-state index contributed by atoms with van der Waals surface area (Å²) in [5, 5.41) is 11.5. The zero-order valence-corrected chi connectivity index (χ0v) is 8.66. The van der Waals surface area contributed by atoms with E-state index in [1.165, 1.54) is 12.1 Å². The average Bonchev–Trinajstić information content (AvgIpc) is 2.14. The van der Waals surface area contributed by atoms with Crippen molar-refractivity contribution >= 4 is 5.97 Å². The van der Waals surface area contributed by atoms with Crippen LogP contribution < -0.4 is 5.32 Å². The molecule has 6 heteroatoms. The standard InChI is InChI=1S/C11H10F3NO2/c12-11(13,14)7-3-1-2-6(4-7)8-5-15-9(8)10(16)17/h1-4,8-9,15H,5H2,(H,16,17). The van der Waals surface area contributed by atoms with Crippen molar-refractivity contribution < 1.29 is 23.1 Å². The summed E-state index contributed by atoms with van der Waals surface area (Å²) in [5.74, 6) is -1.44. The molecule has 17 heavy (non-hydrogen) atoms. The number of nitrogens with one attached hydrogen (secondary N) is 1. The van der Waals surface area contributed by atoms with Crippen LogP contribution in [0.2, 0.25) is 0 Å². The van der Waals surface area contributed by atoms with E-state index in [1.807, 2.05) is 0 Å². The smallest absolute Gasteiger partial charge is 0.416 e. The van der Waals surface area contributed by atoms with Crippen molar-refractivity contribution in [3.05, 3.63) is 35.4 Å². The quantitative estimate of drug-likeness (QED) is 0.835. The molecule has 0 aromatic heterocycles. The van der Waals surface area contributed by atoms with Gasteiger partial charge in [-0.15, -0.1) is 0 Å². The number of hydrogen-bond acceptors (Lipinski definition) is 2. The van der Waals surface area contributed by atoms with Crippen molar-refractivity contribution in [3.63, 3.8) is 0 Å². The van der Waals surface area contributed by atoms with Crippen molar-refractivity contribution in [2.24, 2.45) is 0 Å². The molecule has 2 N–H and O–H groups in total. The van der Waals surface area contributed by atoms with E-state index in [-0.39, 0.29) is 0 Å². The third-order valence-electron chi connectivity index (χ3n) is 2.87. The van der Waals surface area contributed by atoms with Gasteiger partial charge in [0.25, 0.3) is 0 Å². The van der Waals surface area contributed by atoms with Gasteiger partial charge in [0.1, 0.15) is 6.04 Å². The Kier molecular flexibility index (Phi) is 2.82. The fraction of sp³-hybridized carbons (Fsp3) is 0.364. The minimum absolute atomic E-state index is 0.387. The molecule has 0 aliphatic carbocycles. The zero-order valence-electron chi connectivity index (χ0n) is 8.66. The Hall–Kier alpha value is -1.56. The van der Waals surface area contributed by atoms with Crippen molar-refractivity contribution in [1.29, 1.82) is 0 Å². The van der Waals surface area contributed by atoms with Gasteiger partial charge in [-0.25, -0.2) is 0 Å². The molecule has 0 radical (unpaired) electrons. The van der Waals surface area contributed by atoms with E-state index < -0.39 is 29.7 Å². The highest BCUT2D eigenvalue weighted by Gasteiger charge is 2.38. The summed E-state index contributed by atoms with van der Waals surface area (Å²) in [7, 11) is 0. The van der Waals surface area contributed by atoms with Crippen LogP contribution in [0.1, 0.15) is 17.0 Å². The predicted molar refractivity (Wildman–Crippen MR) is 53.6 cm³/mol. The first-order chi connectivity index (χ1) is 7.89. The molecule has 1 aliphatic rings. The molecule has 1 saturated heterocycles. The highest BCUT2D eigenvalue weighted by molar-refractivity contribution is 5.76. The van der Waals surface area contributed by atoms with E-state index in [4.69, 9.17) is 5.11 Å². The molecule has 1 aromatic rings. The Balaban J connectivity index is 2.25. The van der Waals surface area contributed by atoms with E-state index in [1.54, 1.807) is 0 Å². The molecule has 1 fully saturated rings. The second-order valence-corrected chi connectivity index (χ2v) is 3.95. The van der Waals surface area contributed by atoms with Crippen LogP contribution in [0, 0.1) is 0 Å². The van der Waals surface area contributed by atoms with Crippen LogP contribution in [0.15, 0.2) is 24.3 Å². The normalized spacial score (nSPS) is 24.2. The molecule has 2 unspecified atom stereocenters. The third kappa shape index (κ3) is 2.26. The van der Waals surface area contributed by atoms with Gasteiger partial charge < -0.3 is 10.4 Å². The second-order valence-electron chi connectivity index (χ2n) is 3.95. The van der Waals surface area contributed by atoms with E-state index in [0.717, 1.165) is 12.1 Å². The van der Waals surface area contributed by atoms with Gasteiger partial charge in [-0.1, -0.05) is 18.2 Å². The lowest BCUT2D eigenvalue weighted by Gasteiger charge is -2.35. The maximum atomic E-state index is 12.5. The van der Waals surface area contributed by atoms with Gasteiger partial charge in [0.2, 0.25) is 0 Å². The molecule has 1 heterocycles. The van der Waals surface area contributed by atoms with Gasteiger partial charge in [0, 0.05) is 12.5 Å². The first-order valence-corrected chi connectivity index (χ1v) is 5.03. The molecule has 0 spiro atoms. The second kappa shape index (κ2) is 4.03. The molecule has 0 amide bonds. The number of benzene rings is 1. The molecule has 92 valence electrons. The summed E-state index contributed by atoms with van der Waals surface area (Å²) in [6.45, 7) is 0.387.